The van der Waals surface area contributed by atoms with Crippen molar-refractivity contribution in [3.8, 4) is 5.88 Å². The molecule has 1 N–H and O–H groups in total. The van der Waals surface area contributed by atoms with Gasteiger partial charge in [0.15, 0.2) is 6.29 Å². The van der Waals surface area contributed by atoms with E-state index in [2.05, 4.69) is 9.71 Å². The van der Waals surface area contributed by atoms with Crippen LogP contribution in [0, 0.1) is 0 Å². The summed E-state index contributed by atoms with van der Waals surface area (Å²) in [6, 6.07) is 1.38. The fourth-order valence-corrected chi connectivity index (χ4v) is 2.38. The average molecular weight is 258 g/mol. The summed E-state index contributed by atoms with van der Waals surface area (Å²) in [4.78, 5) is 14.4. The van der Waals surface area contributed by atoms with Crippen molar-refractivity contribution >= 4 is 22.0 Å². The molecule has 7 heteroatoms. The summed E-state index contributed by atoms with van der Waals surface area (Å²) >= 11 is 0. The monoisotopic (exact) mass is 258 g/mol. The SMILES string of the molecule is CCCS(=O)(=O)Nc1cc(C=O)cnc1OC. The van der Waals surface area contributed by atoms with E-state index < -0.39 is 10.0 Å². The first kappa shape index (κ1) is 13.4. The van der Waals surface area contributed by atoms with Crippen LogP contribution in [0.15, 0.2) is 12.3 Å². The predicted molar refractivity (Wildman–Crippen MR) is 63.9 cm³/mol. The zero-order chi connectivity index (χ0) is 12.9. The number of hydrogen-bond donors (Lipinski definition) is 1. The van der Waals surface area contributed by atoms with Gasteiger partial charge in [0.1, 0.15) is 5.69 Å². The van der Waals surface area contributed by atoms with Crippen LogP contribution in [-0.4, -0.2) is 32.6 Å². The Morgan fingerprint density at radius 1 is 1.53 bits per heavy atom. The minimum absolute atomic E-state index is 0.00146. The Labute approximate surface area is 100 Å². The van der Waals surface area contributed by atoms with Crippen LogP contribution < -0.4 is 9.46 Å². The Hall–Kier alpha value is -1.63. The second-order valence-electron chi connectivity index (χ2n) is 3.36. The van der Waals surface area contributed by atoms with E-state index >= 15 is 0 Å². The molecule has 0 amide bonds. The molecule has 94 valence electrons. The van der Waals surface area contributed by atoms with E-state index in [-0.39, 0.29) is 22.9 Å². The van der Waals surface area contributed by atoms with Crippen molar-refractivity contribution in [2.45, 2.75) is 13.3 Å². The van der Waals surface area contributed by atoms with Crippen LogP contribution in [0.1, 0.15) is 23.7 Å². The van der Waals surface area contributed by atoms with E-state index in [9.17, 15) is 13.2 Å². The molecule has 0 bridgehead atoms. The number of pyridine rings is 1. The van der Waals surface area contributed by atoms with Gasteiger partial charge >= 0.3 is 0 Å². The molecular formula is C10H14N2O4S. The molecule has 0 aromatic carbocycles. The third-order valence-electron chi connectivity index (χ3n) is 1.94. The van der Waals surface area contributed by atoms with Gasteiger partial charge in [-0.1, -0.05) is 6.92 Å². The predicted octanol–water partition coefficient (Wildman–Crippen LogP) is 1.05. The zero-order valence-electron chi connectivity index (χ0n) is 9.63. The highest BCUT2D eigenvalue weighted by Gasteiger charge is 2.13. The summed E-state index contributed by atoms with van der Waals surface area (Å²) in [5.41, 5.74) is 0.450. The Kier molecular flexibility index (Phi) is 4.45. The Morgan fingerprint density at radius 3 is 2.76 bits per heavy atom. The summed E-state index contributed by atoms with van der Waals surface area (Å²) in [5.74, 6) is 0.136. The van der Waals surface area contributed by atoms with Gasteiger partial charge in [-0.15, -0.1) is 0 Å². The molecule has 1 aromatic heterocycles. The number of sulfonamides is 1. The fourth-order valence-electron chi connectivity index (χ4n) is 1.26. The van der Waals surface area contributed by atoms with Gasteiger partial charge in [-0.3, -0.25) is 9.52 Å². The smallest absolute Gasteiger partial charge is 0.238 e. The van der Waals surface area contributed by atoms with E-state index in [4.69, 9.17) is 4.74 Å². The highest BCUT2D eigenvalue weighted by molar-refractivity contribution is 7.92. The molecule has 0 aliphatic heterocycles. The number of aromatic nitrogens is 1. The normalized spacial score (nSPS) is 10.9. The first-order chi connectivity index (χ1) is 8.02. The maximum Gasteiger partial charge on any atom is 0.238 e. The van der Waals surface area contributed by atoms with Crippen molar-refractivity contribution < 1.29 is 17.9 Å². The van der Waals surface area contributed by atoms with E-state index in [0.717, 1.165) is 0 Å². The average Bonchev–Trinajstić information content (AvgIpc) is 2.28. The Bertz CT molecular complexity index is 499. The lowest BCUT2D eigenvalue weighted by Gasteiger charge is -2.10. The molecule has 0 saturated heterocycles. The maximum atomic E-state index is 11.6. The van der Waals surface area contributed by atoms with Crippen LogP contribution in [0.5, 0.6) is 5.88 Å². The van der Waals surface area contributed by atoms with Crippen LogP contribution >= 0.6 is 0 Å². The topological polar surface area (TPSA) is 85.4 Å². The molecule has 0 spiro atoms. The van der Waals surface area contributed by atoms with Crippen molar-refractivity contribution in [3.05, 3.63) is 17.8 Å². The number of nitrogens with one attached hydrogen (secondary N) is 1. The third kappa shape index (κ3) is 3.70. The number of ether oxygens (including phenoxy) is 1. The minimum Gasteiger partial charge on any atom is -0.480 e. The molecule has 1 aromatic rings. The second kappa shape index (κ2) is 5.62. The minimum atomic E-state index is -3.43. The number of carbonyl (C=O) groups excluding carboxylic acids is 1. The van der Waals surface area contributed by atoms with Crippen molar-refractivity contribution in [2.24, 2.45) is 0 Å². The van der Waals surface area contributed by atoms with Gasteiger partial charge in [-0.2, -0.15) is 0 Å². The molecule has 6 nitrogen and oxygen atoms in total. The molecule has 0 atom stereocenters. The molecule has 1 rings (SSSR count). The number of aldehydes is 1. The number of hydrogen-bond acceptors (Lipinski definition) is 5. The molecule has 0 aliphatic carbocycles. The van der Waals surface area contributed by atoms with Gasteiger partial charge in [0.25, 0.3) is 0 Å². The van der Waals surface area contributed by atoms with E-state index in [0.29, 0.717) is 12.7 Å². The molecular weight excluding hydrogens is 244 g/mol. The Morgan fingerprint density at radius 2 is 2.24 bits per heavy atom. The number of carbonyl (C=O) groups is 1. The quantitative estimate of drug-likeness (QED) is 0.771. The lowest BCUT2D eigenvalue weighted by Crippen LogP contribution is -2.17. The van der Waals surface area contributed by atoms with Crippen molar-refractivity contribution in [3.63, 3.8) is 0 Å². The van der Waals surface area contributed by atoms with E-state index in [1.54, 1.807) is 6.92 Å². The van der Waals surface area contributed by atoms with Crippen molar-refractivity contribution in [2.75, 3.05) is 17.6 Å². The molecule has 0 unspecified atom stereocenters. The molecule has 0 radical (unpaired) electrons. The zero-order valence-corrected chi connectivity index (χ0v) is 10.5. The van der Waals surface area contributed by atoms with Crippen LogP contribution in [0.25, 0.3) is 0 Å². The highest BCUT2D eigenvalue weighted by Crippen LogP contribution is 2.23. The molecule has 17 heavy (non-hydrogen) atoms. The molecule has 0 aliphatic rings. The summed E-state index contributed by atoms with van der Waals surface area (Å²) in [5, 5.41) is 0. The van der Waals surface area contributed by atoms with Gasteiger partial charge in [-0.05, 0) is 12.5 Å². The third-order valence-corrected chi connectivity index (χ3v) is 3.42. The van der Waals surface area contributed by atoms with Gasteiger partial charge in [0.05, 0.1) is 12.9 Å². The fraction of sp³-hybridized carbons (Fsp3) is 0.400. The molecule has 1 heterocycles. The molecule has 0 saturated carbocycles. The van der Waals surface area contributed by atoms with E-state index in [1.165, 1.54) is 19.4 Å². The summed E-state index contributed by atoms with van der Waals surface area (Å²) in [7, 11) is -2.05. The van der Waals surface area contributed by atoms with Gasteiger partial charge in [0.2, 0.25) is 15.9 Å². The van der Waals surface area contributed by atoms with Crippen LogP contribution in [-0.2, 0) is 10.0 Å². The number of nitrogens with zero attached hydrogens (tertiary/aromatic N) is 1. The van der Waals surface area contributed by atoms with Gasteiger partial charge < -0.3 is 4.74 Å². The second-order valence-corrected chi connectivity index (χ2v) is 5.21. The standard InChI is InChI=1S/C10H14N2O4S/c1-3-4-17(14,15)12-9-5-8(7-13)6-11-10(9)16-2/h5-7,12H,3-4H2,1-2H3. The van der Waals surface area contributed by atoms with Crippen LogP contribution in [0.4, 0.5) is 5.69 Å². The van der Waals surface area contributed by atoms with Gasteiger partial charge in [-0.25, -0.2) is 13.4 Å². The lowest BCUT2D eigenvalue weighted by molar-refractivity contribution is 0.112. The van der Waals surface area contributed by atoms with E-state index in [1.807, 2.05) is 0 Å². The van der Waals surface area contributed by atoms with Crippen molar-refractivity contribution in [1.82, 2.24) is 4.98 Å². The Balaban J connectivity index is 3.07. The van der Waals surface area contributed by atoms with Crippen molar-refractivity contribution in [1.29, 1.82) is 0 Å². The number of methoxy groups -OCH3 is 1. The summed E-state index contributed by atoms with van der Waals surface area (Å²) in [6.07, 6.45) is 2.39. The molecule has 0 fully saturated rings. The van der Waals surface area contributed by atoms with Crippen LogP contribution in [0.2, 0.25) is 0 Å². The van der Waals surface area contributed by atoms with Gasteiger partial charge in [0, 0.05) is 11.8 Å². The lowest BCUT2D eigenvalue weighted by atomic mass is 10.3. The first-order valence-electron chi connectivity index (χ1n) is 5.02. The number of anilines is 1. The first-order valence-corrected chi connectivity index (χ1v) is 6.67. The number of rotatable bonds is 6. The largest absolute Gasteiger partial charge is 0.480 e. The maximum absolute atomic E-state index is 11.6. The summed E-state index contributed by atoms with van der Waals surface area (Å²) in [6.45, 7) is 1.76. The summed E-state index contributed by atoms with van der Waals surface area (Å²) < 4.78 is 30.4. The van der Waals surface area contributed by atoms with Crippen LogP contribution in [0.3, 0.4) is 0 Å². The highest BCUT2D eigenvalue weighted by atomic mass is 32.2.